The summed E-state index contributed by atoms with van der Waals surface area (Å²) in [5, 5.41) is 7.61. The fourth-order valence-electron chi connectivity index (χ4n) is 2.14. The fourth-order valence-corrected chi connectivity index (χ4v) is 2.14. The van der Waals surface area contributed by atoms with Crippen molar-refractivity contribution in [2.75, 3.05) is 0 Å². The number of hydrazone groups is 1. The number of aryl methyl sites for hydroxylation is 1. The first kappa shape index (κ1) is 15.3. The minimum Gasteiger partial charge on any atom is -0.271 e. The molecule has 0 spiro atoms. The highest BCUT2D eigenvalue weighted by Gasteiger charge is 2.15. The van der Waals surface area contributed by atoms with Crippen LogP contribution in [0, 0.1) is 12.8 Å². The van der Waals surface area contributed by atoms with Crippen molar-refractivity contribution in [1.82, 2.24) is 15.2 Å². The van der Waals surface area contributed by atoms with Gasteiger partial charge in [0.1, 0.15) is 12.2 Å². The average molecular weight is 296 g/mol. The number of halogens is 2. The number of carbonyl (C=O) groups is 1. The van der Waals surface area contributed by atoms with E-state index in [9.17, 15) is 13.6 Å². The second-order valence-corrected chi connectivity index (χ2v) is 5.03. The summed E-state index contributed by atoms with van der Waals surface area (Å²) in [4.78, 5) is 11.7. The van der Waals surface area contributed by atoms with Crippen LogP contribution in [0.15, 0.2) is 23.3 Å². The predicted molar refractivity (Wildman–Crippen MR) is 75.0 cm³/mol. The van der Waals surface area contributed by atoms with Crippen LogP contribution in [0.2, 0.25) is 0 Å². The van der Waals surface area contributed by atoms with Crippen molar-refractivity contribution in [2.24, 2.45) is 11.0 Å². The second kappa shape index (κ2) is 7.10. The van der Waals surface area contributed by atoms with Gasteiger partial charge in [-0.25, -0.2) is 14.2 Å². The van der Waals surface area contributed by atoms with E-state index in [1.165, 1.54) is 10.7 Å². The molecule has 0 aromatic carbocycles. The lowest BCUT2D eigenvalue weighted by atomic mass is 9.96. The van der Waals surface area contributed by atoms with Crippen molar-refractivity contribution in [3.05, 3.63) is 29.6 Å². The van der Waals surface area contributed by atoms with Crippen LogP contribution in [0.4, 0.5) is 8.78 Å². The molecule has 21 heavy (non-hydrogen) atoms. The molecule has 0 radical (unpaired) electrons. The third-order valence-electron chi connectivity index (χ3n) is 3.30. The van der Waals surface area contributed by atoms with Crippen molar-refractivity contribution >= 4 is 12.1 Å². The maximum absolute atomic E-state index is 12.5. The minimum atomic E-state index is -2.63. The first-order valence-corrected chi connectivity index (χ1v) is 6.86. The van der Waals surface area contributed by atoms with E-state index in [1.54, 1.807) is 13.1 Å². The van der Waals surface area contributed by atoms with Crippen LogP contribution in [-0.4, -0.2) is 21.9 Å². The number of rotatable bonds is 5. The standard InChI is InChI=1S/C14H18F2N4O/c1-10-7-12(14(15)16)19-20(10)9-13(21)18-17-8-11-5-3-2-4-6-11/h2-3,7-8,11,14H,4-6,9H2,1H3,(H,18,21)/b17-8+. The molecular weight excluding hydrogens is 278 g/mol. The molecular formula is C14H18F2N4O. The van der Waals surface area contributed by atoms with Gasteiger partial charge in [0.05, 0.1) is 0 Å². The summed E-state index contributed by atoms with van der Waals surface area (Å²) >= 11 is 0. The second-order valence-electron chi connectivity index (χ2n) is 5.03. The van der Waals surface area contributed by atoms with Gasteiger partial charge in [0, 0.05) is 11.9 Å². The van der Waals surface area contributed by atoms with Crippen LogP contribution in [-0.2, 0) is 11.3 Å². The fraction of sp³-hybridized carbons (Fsp3) is 0.500. The van der Waals surface area contributed by atoms with Gasteiger partial charge in [0.15, 0.2) is 0 Å². The van der Waals surface area contributed by atoms with Gasteiger partial charge in [-0.2, -0.15) is 10.2 Å². The third kappa shape index (κ3) is 4.47. The van der Waals surface area contributed by atoms with Gasteiger partial charge in [-0.05, 0) is 38.2 Å². The van der Waals surface area contributed by atoms with Crippen LogP contribution >= 0.6 is 0 Å². The highest BCUT2D eigenvalue weighted by Crippen LogP contribution is 2.18. The molecule has 0 fully saturated rings. The summed E-state index contributed by atoms with van der Waals surface area (Å²) in [5.74, 6) is -0.0446. The summed E-state index contributed by atoms with van der Waals surface area (Å²) in [5.41, 5.74) is 2.60. The maximum atomic E-state index is 12.5. The van der Waals surface area contributed by atoms with Crippen molar-refractivity contribution in [1.29, 1.82) is 0 Å². The van der Waals surface area contributed by atoms with Gasteiger partial charge in [0.2, 0.25) is 0 Å². The van der Waals surface area contributed by atoms with Crippen LogP contribution in [0.5, 0.6) is 0 Å². The van der Waals surface area contributed by atoms with E-state index < -0.39 is 6.43 Å². The molecule has 0 bridgehead atoms. The normalized spacial score (nSPS) is 18.6. The van der Waals surface area contributed by atoms with E-state index in [4.69, 9.17) is 0 Å². The Morgan fingerprint density at radius 1 is 1.62 bits per heavy atom. The zero-order valence-corrected chi connectivity index (χ0v) is 11.8. The number of amides is 1. The van der Waals surface area contributed by atoms with Crippen LogP contribution in [0.3, 0.4) is 0 Å². The molecule has 114 valence electrons. The van der Waals surface area contributed by atoms with E-state index in [2.05, 4.69) is 27.8 Å². The molecule has 1 atom stereocenters. The summed E-state index contributed by atoms with van der Waals surface area (Å²) in [6.07, 6.45) is 6.28. The number of nitrogens with zero attached hydrogens (tertiary/aromatic N) is 3. The number of hydrogen-bond donors (Lipinski definition) is 1. The van der Waals surface area contributed by atoms with Gasteiger partial charge in [-0.15, -0.1) is 0 Å². The molecule has 1 aromatic rings. The highest BCUT2D eigenvalue weighted by molar-refractivity contribution is 5.76. The number of nitrogens with one attached hydrogen (secondary N) is 1. The van der Waals surface area contributed by atoms with Gasteiger partial charge in [0.25, 0.3) is 12.3 Å². The van der Waals surface area contributed by atoms with Crippen LogP contribution in [0.1, 0.15) is 37.1 Å². The topological polar surface area (TPSA) is 59.3 Å². The van der Waals surface area contributed by atoms with Crippen molar-refractivity contribution in [3.63, 3.8) is 0 Å². The first-order chi connectivity index (χ1) is 10.1. The van der Waals surface area contributed by atoms with Crippen LogP contribution in [0.25, 0.3) is 0 Å². The number of allylic oxidation sites excluding steroid dienone is 2. The van der Waals surface area contributed by atoms with Gasteiger partial charge < -0.3 is 0 Å². The lowest BCUT2D eigenvalue weighted by Crippen LogP contribution is -2.25. The Balaban J connectivity index is 1.84. The SMILES string of the molecule is Cc1cc(C(F)F)nn1CC(=O)N/N=C/C1CC=CCC1. The molecule has 0 saturated heterocycles. The van der Waals surface area contributed by atoms with Crippen LogP contribution < -0.4 is 5.43 Å². The molecule has 5 nitrogen and oxygen atoms in total. The molecule has 0 saturated carbocycles. The summed E-state index contributed by atoms with van der Waals surface area (Å²) in [6.45, 7) is 1.50. The van der Waals surface area contributed by atoms with Gasteiger partial charge >= 0.3 is 0 Å². The Hall–Kier alpha value is -2.05. The van der Waals surface area contributed by atoms with E-state index in [0.29, 0.717) is 11.6 Å². The molecule has 0 aliphatic heterocycles. The Bertz CT molecular complexity index is 551. The molecule has 1 aromatic heterocycles. The van der Waals surface area contributed by atoms with Gasteiger partial charge in [-0.3, -0.25) is 9.48 Å². The number of hydrogen-bond acceptors (Lipinski definition) is 3. The Labute approximate surface area is 121 Å². The summed E-state index contributed by atoms with van der Waals surface area (Å²) in [6, 6.07) is 1.27. The minimum absolute atomic E-state index is 0.125. The first-order valence-electron chi connectivity index (χ1n) is 6.86. The Kier molecular flexibility index (Phi) is 5.19. The highest BCUT2D eigenvalue weighted by atomic mass is 19.3. The number of alkyl halides is 2. The predicted octanol–water partition coefficient (Wildman–Crippen LogP) is 2.59. The smallest absolute Gasteiger partial charge is 0.271 e. The average Bonchev–Trinajstić information content (AvgIpc) is 2.81. The zero-order chi connectivity index (χ0) is 15.2. The lowest BCUT2D eigenvalue weighted by molar-refractivity contribution is -0.121. The number of aromatic nitrogens is 2. The summed E-state index contributed by atoms with van der Waals surface area (Å²) in [7, 11) is 0. The molecule has 1 aliphatic rings. The van der Waals surface area contributed by atoms with E-state index in [1.807, 2.05) is 0 Å². The summed E-state index contributed by atoms with van der Waals surface area (Å²) < 4.78 is 26.2. The Morgan fingerprint density at radius 2 is 2.43 bits per heavy atom. The van der Waals surface area contributed by atoms with E-state index >= 15 is 0 Å². The third-order valence-corrected chi connectivity index (χ3v) is 3.30. The van der Waals surface area contributed by atoms with Crippen molar-refractivity contribution < 1.29 is 13.6 Å². The molecule has 7 heteroatoms. The molecule has 1 N–H and O–H groups in total. The largest absolute Gasteiger partial charge is 0.282 e. The molecule has 1 amide bonds. The molecule has 2 rings (SSSR count). The molecule has 1 heterocycles. The quantitative estimate of drug-likeness (QED) is 0.516. The van der Waals surface area contributed by atoms with Crippen molar-refractivity contribution in [2.45, 2.75) is 39.2 Å². The zero-order valence-electron chi connectivity index (χ0n) is 11.8. The maximum Gasteiger partial charge on any atom is 0.282 e. The lowest BCUT2D eigenvalue weighted by Gasteiger charge is -2.11. The Morgan fingerprint density at radius 3 is 3.05 bits per heavy atom. The van der Waals surface area contributed by atoms with Gasteiger partial charge in [-0.1, -0.05) is 12.2 Å². The van der Waals surface area contributed by atoms with E-state index in [0.717, 1.165) is 19.3 Å². The van der Waals surface area contributed by atoms with E-state index in [-0.39, 0.29) is 18.1 Å². The molecule has 1 aliphatic carbocycles. The molecule has 1 unspecified atom stereocenters. The van der Waals surface area contributed by atoms with Crippen molar-refractivity contribution in [3.8, 4) is 0 Å². The number of carbonyl (C=O) groups excluding carboxylic acids is 1. The monoisotopic (exact) mass is 296 g/mol.